The van der Waals surface area contributed by atoms with Crippen LogP contribution in [0, 0.1) is 5.92 Å². The number of carbonyl (C=O) groups excluding carboxylic acids is 2. The second-order valence-electron chi connectivity index (χ2n) is 2.77. The van der Waals surface area contributed by atoms with Gasteiger partial charge in [-0.1, -0.05) is 0 Å². The molecule has 0 aromatic carbocycles. The van der Waals surface area contributed by atoms with Crippen LogP contribution in [0.1, 0.15) is 20.3 Å². The Hall–Kier alpha value is -0.700. The van der Waals surface area contributed by atoms with Crippen LogP contribution in [0.3, 0.4) is 0 Å². The SMILES string of the molecule is CNCC(CC(C)=O)C(C)=O. The van der Waals surface area contributed by atoms with Crippen molar-refractivity contribution in [3.8, 4) is 0 Å². The van der Waals surface area contributed by atoms with E-state index in [2.05, 4.69) is 5.32 Å². The fraction of sp³-hybridized carbons (Fsp3) is 0.750. The Morgan fingerprint density at radius 2 is 1.91 bits per heavy atom. The van der Waals surface area contributed by atoms with Crippen molar-refractivity contribution in [3.05, 3.63) is 0 Å². The van der Waals surface area contributed by atoms with Gasteiger partial charge in [0.25, 0.3) is 0 Å². The molecule has 1 N–H and O–H groups in total. The van der Waals surface area contributed by atoms with Crippen LogP contribution < -0.4 is 5.32 Å². The third-order valence-corrected chi connectivity index (χ3v) is 1.56. The average Bonchev–Trinajstić information content (AvgIpc) is 1.86. The first kappa shape index (κ1) is 10.3. The topological polar surface area (TPSA) is 46.2 Å². The zero-order valence-electron chi connectivity index (χ0n) is 7.31. The van der Waals surface area contributed by atoms with Gasteiger partial charge in [-0.2, -0.15) is 0 Å². The largest absolute Gasteiger partial charge is 0.319 e. The van der Waals surface area contributed by atoms with Crippen molar-refractivity contribution >= 4 is 11.6 Å². The summed E-state index contributed by atoms with van der Waals surface area (Å²) >= 11 is 0. The van der Waals surface area contributed by atoms with E-state index in [9.17, 15) is 9.59 Å². The second kappa shape index (κ2) is 5.02. The van der Waals surface area contributed by atoms with Gasteiger partial charge in [0.2, 0.25) is 0 Å². The van der Waals surface area contributed by atoms with E-state index >= 15 is 0 Å². The van der Waals surface area contributed by atoms with Crippen LogP contribution in [0.4, 0.5) is 0 Å². The summed E-state index contributed by atoms with van der Waals surface area (Å²) in [4.78, 5) is 21.5. The highest BCUT2D eigenvalue weighted by atomic mass is 16.1. The molecule has 0 fully saturated rings. The Kier molecular flexibility index (Phi) is 4.70. The van der Waals surface area contributed by atoms with E-state index in [1.807, 2.05) is 0 Å². The minimum Gasteiger partial charge on any atom is -0.319 e. The highest BCUT2D eigenvalue weighted by molar-refractivity contribution is 5.85. The van der Waals surface area contributed by atoms with Crippen LogP contribution in [0.15, 0.2) is 0 Å². The molecule has 0 heterocycles. The van der Waals surface area contributed by atoms with Gasteiger partial charge in [-0.05, 0) is 20.9 Å². The zero-order chi connectivity index (χ0) is 8.85. The fourth-order valence-corrected chi connectivity index (χ4v) is 0.953. The molecule has 0 aromatic heterocycles. The summed E-state index contributed by atoms with van der Waals surface area (Å²) in [5.74, 6) is 0.00694. The zero-order valence-corrected chi connectivity index (χ0v) is 7.31. The second-order valence-corrected chi connectivity index (χ2v) is 2.77. The number of hydrogen-bond donors (Lipinski definition) is 1. The molecule has 3 heteroatoms. The number of nitrogens with one attached hydrogen (secondary N) is 1. The third kappa shape index (κ3) is 4.67. The lowest BCUT2D eigenvalue weighted by Crippen LogP contribution is -2.26. The highest BCUT2D eigenvalue weighted by Gasteiger charge is 2.14. The average molecular weight is 157 g/mol. The molecule has 0 amide bonds. The predicted octanol–water partition coefficient (Wildman–Crippen LogP) is 0.390. The first-order chi connectivity index (χ1) is 5.07. The molecule has 11 heavy (non-hydrogen) atoms. The van der Waals surface area contributed by atoms with Crippen LogP contribution >= 0.6 is 0 Å². The molecule has 0 aromatic rings. The van der Waals surface area contributed by atoms with Gasteiger partial charge in [0, 0.05) is 18.9 Å². The number of Topliss-reactive ketones (excluding diaryl/α,β-unsaturated/α-hetero) is 2. The molecule has 0 bridgehead atoms. The van der Waals surface area contributed by atoms with Crippen molar-refractivity contribution in [2.45, 2.75) is 20.3 Å². The lowest BCUT2D eigenvalue weighted by atomic mass is 9.99. The summed E-state index contributed by atoms with van der Waals surface area (Å²) in [6.07, 6.45) is 0.357. The van der Waals surface area contributed by atoms with Crippen LogP contribution in [-0.4, -0.2) is 25.2 Å². The van der Waals surface area contributed by atoms with Gasteiger partial charge in [0.1, 0.15) is 11.6 Å². The quantitative estimate of drug-likeness (QED) is 0.628. The maximum absolute atomic E-state index is 10.9. The molecule has 64 valence electrons. The first-order valence-electron chi connectivity index (χ1n) is 3.72. The molecule has 3 nitrogen and oxygen atoms in total. The minimum absolute atomic E-state index is 0.0699. The predicted molar refractivity (Wildman–Crippen MR) is 43.4 cm³/mol. The van der Waals surface area contributed by atoms with Crippen LogP contribution in [0.2, 0.25) is 0 Å². The van der Waals surface area contributed by atoms with Crippen LogP contribution in [0.5, 0.6) is 0 Å². The van der Waals surface area contributed by atoms with E-state index in [4.69, 9.17) is 0 Å². The highest BCUT2D eigenvalue weighted by Crippen LogP contribution is 2.03. The van der Waals surface area contributed by atoms with Gasteiger partial charge in [-0.3, -0.25) is 4.79 Å². The monoisotopic (exact) mass is 157 g/mol. The smallest absolute Gasteiger partial charge is 0.134 e. The van der Waals surface area contributed by atoms with E-state index in [1.165, 1.54) is 13.8 Å². The summed E-state index contributed by atoms with van der Waals surface area (Å²) in [6.45, 7) is 3.62. The molecular weight excluding hydrogens is 142 g/mol. The van der Waals surface area contributed by atoms with Gasteiger partial charge in [0.15, 0.2) is 0 Å². The molecule has 0 saturated heterocycles. The molecule has 0 rings (SSSR count). The number of ketones is 2. The molecule has 1 unspecified atom stereocenters. The Morgan fingerprint density at radius 3 is 2.18 bits per heavy atom. The van der Waals surface area contributed by atoms with Crippen LogP contribution in [0.25, 0.3) is 0 Å². The molecule has 0 spiro atoms. The normalized spacial score (nSPS) is 12.6. The van der Waals surface area contributed by atoms with E-state index in [0.29, 0.717) is 13.0 Å². The lowest BCUT2D eigenvalue weighted by molar-refractivity contribution is -0.125. The van der Waals surface area contributed by atoms with Crippen molar-refractivity contribution < 1.29 is 9.59 Å². The van der Waals surface area contributed by atoms with Crippen molar-refractivity contribution in [2.24, 2.45) is 5.92 Å². The van der Waals surface area contributed by atoms with Crippen LogP contribution in [-0.2, 0) is 9.59 Å². The maximum Gasteiger partial charge on any atom is 0.134 e. The van der Waals surface area contributed by atoms with Crippen molar-refractivity contribution in [2.75, 3.05) is 13.6 Å². The van der Waals surface area contributed by atoms with Gasteiger partial charge in [-0.25, -0.2) is 0 Å². The molecule has 0 aliphatic carbocycles. The molecule has 0 saturated carbocycles. The van der Waals surface area contributed by atoms with Gasteiger partial charge < -0.3 is 10.1 Å². The van der Waals surface area contributed by atoms with E-state index < -0.39 is 0 Å². The number of hydrogen-bond acceptors (Lipinski definition) is 3. The van der Waals surface area contributed by atoms with Gasteiger partial charge in [-0.15, -0.1) is 0 Å². The summed E-state index contributed by atoms with van der Waals surface area (Å²) in [5.41, 5.74) is 0. The Morgan fingerprint density at radius 1 is 1.36 bits per heavy atom. The Labute approximate surface area is 67.2 Å². The summed E-state index contributed by atoms with van der Waals surface area (Å²) in [6, 6.07) is 0. The molecule has 1 atom stereocenters. The van der Waals surface area contributed by atoms with E-state index in [0.717, 1.165) is 0 Å². The molecule has 0 aliphatic rings. The molecular formula is C8H15NO2. The van der Waals surface area contributed by atoms with Gasteiger partial charge >= 0.3 is 0 Å². The van der Waals surface area contributed by atoms with Crippen molar-refractivity contribution in [3.63, 3.8) is 0 Å². The van der Waals surface area contributed by atoms with Crippen molar-refractivity contribution in [1.29, 1.82) is 0 Å². The Balaban J connectivity index is 3.89. The lowest BCUT2D eigenvalue weighted by Gasteiger charge is -2.09. The van der Waals surface area contributed by atoms with E-state index in [1.54, 1.807) is 7.05 Å². The Bertz CT molecular complexity index is 154. The van der Waals surface area contributed by atoms with Crippen molar-refractivity contribution in [1.82, 2.24) is 5.32 Å². The molecule has 0 aliphatic heterocycles. The maximum atomic E-state index is 10.9. The molecule has 0 radical (unpaired) electrons. The van der Waals surface area contributed by atoms with Gasteiger partial charge in [0.05, 0.1) is 0 Å². The summed E-state index contributed by atoms with van der Waals surface area (Å²) in [7, 11) is 1.77. The minimum atomic E-state index is -0.141. The number of rotatable bonds is 5. The third-order valence-electron chi connectivity index (χ3n) is 1.56. The standard InChI is InChI=1S/C8H15NO2/c1-6(10)4-8(5-9-3)7(2)11/h8-9H,4-5H2,1-3H3. The fourth-order valence-electron chi connectivity index (χ4n) is 0.953. The first-order valence-corrected chi connectivity index (χ1v) is 3.72. The summed E-state index contributed by atoms with van der Waals surface area (Å²) in [5, 5.41) is 2.88. The summed E-state index contributed by atoms with van der Waals surface area (Å²) < 4.78 is 0. The van der Waals surface area contributed by atoms with E-state index in [-0.39, 0.29) is 17.5 Å². The number of carbonyl (C=O) groups is 2.